The summed E-state index contributed by atoms with van der Waals surface area (Å²) in [6.07, 6.45) is 0.798. The number of hydrogen-bond donors (Lipinski definition) is 1. The Kier molecular flexibility index (Phi) is 8.69. The molecule has 1 amide bonds. The predicted octanol–water partition coefficient (Wildman–Crippen LogP) is 2.69. The maximum atomic E-state index is 12.8. The highest BCUT2D eigenvalue weighted by Gasteiger charge is 2.21. The summed E-state index contributed by atoms with van der Waals surface area (Å²) in [6.45, 7) is 5.14. The van der Waals surface area contributed by atoms with Gasteiger partial charge in [-0.05, 0) is 26.2 Å². The number of rotatable bonds is 7. The van der Waals surface area contributed by atoms with E-state index >= 15 is 0 Å². The van der Waals surface area contributed by atoms with Crippen molar-refractivity contribution in [1.29, 1.82) is 0 Å². The van der Waals surface area contributed by atoms with Gasteiger partial charge >= 0.3 is 6.55 Å². The molecule has 0 aliphatic rings. The molecule has 1 atom stereocenters. The average molecular weight is 353 g/mol. The standard InChI is InChI=1S/C15H26F2N4O.ClH/c1-9(2)13(18)6-7-20(5)14(22)8-12-10(3)19-21(11(12)4)15(16)17;/h9,13,15H,6-8,18H2,1-5H3;1H. The van der Waals surface area contributed by atoms with Crippen molar-refractivity contribution in [2.24, 2.45) is 11.7 Å². The van der Waals surface area contributed by atoms with Crippen LogP contribution in [0.2, 0.25) is 0 Å². The summed E-state index contributed by atoms with van der Waals surface area (Å²) in [5, 5.41) is 3.80. The second-order valence-electron chi connectivity index (χ2n) is 6.06. The molecule has 1 aromatic rings. The first-order valence-corrected chi connectivity index (χ1v) is 7.47. The third-order valence-corrected chi connectivity index (χ3v) is 4.07. The highest BCUT2D eigenvalue weighted by atomic mass is 35.5. The first kappa shape index (κ1) is 21.8. The van der Waals surface area contributed by atoms with E-state index in [2.05, 4.69) is 5.10 Å². The summed E-state index contributed by atoms with van der Waals surface area (Å²) in [5.41, 5.74) is 7.35. The molecule has 1 heterocycles. The molecule has 0 aliphatic carbocycles. The summed E-state index contributed by atoms with van der Waals surface area (Å²) >= 11 is 0. The first-order chi connectivity index (χ1) is 10.1. The van der Waals surface area contributed by atoms with Gasteiger partial charge in [-0.2, -0.15) is 13.9 Å². The van der Waals surface area contributed by atoms with Gasteiger partial charge in [0.05, 0.1) is 12.1 Å². The van der Waals surface area contributed by atoms with E-state index in [-0.39, 0.29) is 30.8 Å². The van der Waals surface area contributed by atoms with Crippen molar-refractivity contribution >= 4 is 18.3 Å². The van der Waals surface area contributed by atoms with E-state index in [0.717, 1.165) is 0 Å². The zero-order valence-electron chi connectivity index (χ0n) is 14.3. The minimum Gasteiger partial charge on any atom is -0.345 e. The van der Waals surface area contributed by atoms with Gasteiger partial charge in [-0.25, -0.2) is 4.68 Å². The van der Waals surface area contributed by atoms with Crippen molar-refractivity contribution in [3.05, 3.63) is 17.0 Å². The second-order valence-corrected chi connectivity index (χ2v) is 6.06. The third-order valence-electron chi connectivity index (χ3n) is 4.07. The van der Waals surface area contributed by atoms with Crippen LogP contribution in [-0.4, -0.2) is 40.2 Å². The molecule has 0 radical (unpaired) electrons. The lowest BCUT2D eigenvalue weighted by Gasteiger charge is -2.21. The average Bonchev–Trinajstić information content (AvgIpc) is 2.72. The number of nitrogens with zero attached hydrogens (tertiary/aromatic N) is 3. The van der Waals surface area contributed by atoms with E-state index in [4.69, 9.17) is 5.73 Å². The minimum atomic E-state index is -2.69. The van der Waals surface area contributed by atoms with Crippen molar-refractivity contribution in [3.8, 4) is 0 Å². The molecule has 0 spiro atoms. The number of nitrogens with two attached hydrogens (primary N) is 1. The van der Waals surface area contributed by atoms with E-state index < -0.39 is 6.55 Å². The Bertz CT molecular complexity index is 520. The summed E-state index contributed by atoms with van der Waals surface area (Å²) in [4.78, 5) is 13.8. The predicted molar refractivity (Wildman–Crippen MR) is 89.0 cm³/mol. The van der Waals surface area contributed by atoms with E-state index in [1.165, 1.54) is 0 Å². The Morgan fingerprint density at radius 3 is 2.35 bits per heavy atom. The number of alkyl halides is 2. The van der Waals surface area contributed by atoms with Crippen LogP contribution in [0.1, 0.15) is 43.8 Å². The summed E-state index contributed by atoms with van der Waals surface area (Å²) in [6, 6.07) is 0.0419. The molecule has 0 fully saturated rings. The van der Waals surface area contributed by atoms with Crippen molar-refractivity contribution in [3.63, 3.8) is 0 Å². The zero-order chi connectivity index (χ0) is 17.0. The van der Waals surface area contributed by atoms with Crippen LogP contribution in [-0.2, 0) is 11.2 Å². The van der Waals surface area contributed by atoms with Crippen LogP contribution in [0.4, 0.5) is 8.78 Å². The highest BCUT2D eigenvalue weighted by Crippen LogP contribution is 2.20. The van der Waals surface area contributed by atoms with Crippen molar-refractivity contribution in [2.75, 3.05) is 13.6 Å². The van der Waals surface area contributed by atoms with Crippen molar-refractivity contribution in [2.45, 2.75) is 53.1 Å². The largest absolute Gasteiger partial charge is 0.345 e. The summed E-state index contributed by atoms with van der Waals surface area (Å²) < 4.78 is 26.2. The lowest BCUT2D eigenvalue weighted by molar-refractivity contribution is -0.129. The molecule has 1 rings (SSSR count). The van der Waals surface area contributed by atoms with Gasteiger partial charge in [-0.3, -0.25) is 4.79 Å². The molecule has 0 bridgehead atoms. The van der Waals surface area contributed by atoms with E-state index in [1.54, 1.807) is 25.8 Å². The monoisotopic (exact) mass is 352 g/mol. The fraction of sp³-hybridized carbons (Fsp3) is 0.733. The van der Waals surface area contributed by atoms with Gasteiger partial charge in [0.1, 0.15) is 0 Å². The van der Waals surface area contributed by atoms with Gasteiger partial charge in [0.2, 0.25) is 5.91 Å². The molecular weight excluding hydrogens is 326 g/mol. The molecule has 1 aromatic heterocycles. The number of carbonyl (C=O) groups is 1. The van der Waals surface area contributed by atoms with Crippen LogP contribution < -0.4 is 5.73 Å². The van der Waals surface area contributed by atoms with Gasteiger partial charge in [-0.15, -0.1) is 12.4 Å². The van der Waals surface area contributed by atoms with Gasteiger partial charge < -0.3 is 10.6 Å². The number of aryl methyl sites for hydroxylation is 1. The van der Waals surface area contributed by atoms with E-state index in [0.29, 0.717) is 40.5 Å². The van der Waals surface area contributed by atoms with Crippen molar-refractivity contribution in [1.82, 2.24) is 14.7 Å². The molecule has 134 valence electrons. The van der Waals surface area contributed by atoms with Gasteiger partial charge in [0.25, 0.3) is 0 Å². The lowest BCUT2D eigenvalue weighted by atomic mass is 10.0. The molecule has 23 heavy (non-hydrogen) atoms. The quantitative estimate of drug-likeness (QED) is 0.820. The lowest BCUT2D eigenvalue weighted by Crippen LogP contribution is -2.35. The van der Waals surface area contributed by atoms with Crippen LogP contribution in [0.3, 0.4) is 0 Å². The molecule has 1 unspecified atom stereocenters. The van der Waals surface area contributed by atoms with Crippen molar-refractivity contribution < 1.29 is 13.6 Å². The number of carbonyl (C=O) groups excluding carboxylic acids is 1. The topological polar surface area (TPSA) is 64.2 Å². The Hall–Kier alpha value is -1.21. The number of halogens is 3. The number of aromatic nitrogens is 2. The van der Waals surface area contributed by atoms with Crippen LogP contribution >= 0.6 is 12.4 Å². The number of hydrogen-bond acceptors (Lipinski definition) is 3. The van der Waals surface area contributed by atoms with Crippen LogP contribution in [0.15, 0.2) is 0 Å². The Labute approximate surface area is 142 Å². The number of likely N-dealkylation sites (N-methyl/N-ethyl adjacent to an activating group) is 1. The molecule has 0 saturated carbocycles. The fourth-order valence-electron chi connectivity index (χ4n) is 2.23. The maximum Gasteiger partial charge on any atom is 0.333 e. The summed E-state index contributed by atoms with van der Waals surface area (Å²) in [5.74, 6) is 0.244. The van der Waals surface area contributed by atoms with Gasteiger partial charge in [0, 0.05) is 30.9 Å². The van der Waals surface area contributed by atoms with Gasteiger partial charge in [0.15, 0.2) is 0 Å². The maximum absolute atomic E-state index is 12.8. The third kappa shape index (κ3) is 5.73. The minimum absolute atomic E-state index is 0. The molecule has 5 nitrogen and oxygen atoms in total. The highest BCUT2D eigenvalue weighted by molar-refractivity contribution is 5.85. The van der Waals surface area contributed by atoms with Crippen LogP contribution in [0, 0.1) is 19.8 Å². The normalized spacial score (nSPS) is 12.4. The molecule has 0 aromatic carbocycles. The Morgan fingerprint density at radius 2 is 1.91 bits per heavy atom. The van der Waals surface area contributed by atoms with Crippen LogP contribution in [0.5, 0.6) is 0 Å². The van der Waals surface area contributed by atoms with E-state index in [1.807, 2.05) is 13.8 Å². The van der Waals surface area contributed by atoms with Gasteiger partial charge in [-0.1, -0.05) is 13.8 Å². The molecular formula is C15H27ClF2N4O. The smallest absolute Gasteiger partial charge is 0.333 e. The Morgan fingerprint density at radius 1 is 1.35 bits per heavy atom. The first-order valence-electron chi connectivity index (χ1n) is 7.47. The number of amides is 1. The van der Waals surface area contributed by atoms with Crippen LogP contribution in [0.25, 0.3) is 0 Å². The summed E-state index contributed by atoms with van der Waals surface area (Å²) in [7, 11) is 1.71. The SMILES string of the molecule is Cc1nn(C(F)F)c(C)c1CC(=O)N(C)CCC(N)C(C)C.Cl. The van der Waals surface area contributed by atoms with E-state index in [9.17, 15) is 13.6 Å². The molecule has 2 N–H and O–H groups in total. The molecule has 0 saturated heterocycles. The molecule has 8 heteroatoms. The second kappa shape index (κ2) is 9.17. The zero-order valence-corrected chi connectivity index (χ0v) is 15.2. The fourth-order valence-corrected chi connectivity index (χ4v) is 2.23. The Balaban J connectivity index is 0.00000484. The molecule has 0 aliphatic heterocycles.